The van der Waals surface area contributed by atoms with Gasteiger partial charge in [0.15, 0.2) is 0 Å². The van der Waals surface area contributed by atoms with Crippen LogP contribution in [-0.4, -0.2) is 9.97 Å². The van der Waals surface area contributed by atoms with Gasteiger partial charge >= 0.3 is 0 Å². The van der Waals surface area contributed by atoms with E-state index in [1.165, 1.54) is 64.3 Å². The van der Waals surface area contributed by atoms with Crippen molar-refractivity contribution < 1.29 is 0 Å². The van der Waals surface area contributed by atoms with E-state index in [1.54, 1.807) is 0 Å². The number of rotatable bonds is 7. The summed E-state index contributed by atoms with van der Waals surface area (Å²) in [6.07, 6.45) is 4.06. The van der Waals surface area contributed by atoms with Gasteiger partial charge < -0.3 is 9.97 Å². The van der Waals surface area contributed by atoms with Gasteiger partial charge in [-0.15, -0.1) is 22.7 Å². The molecule has 38 heavy (non-hydrogen) atoms. The van der Waals surface area contributed by atoms with E-state index in [2.05, 4.69) is 123 Å². The fourth-order valence-electron chi connectivity index (χ4n) is 5.80. The molecule has 0 saturated heterocycles. The Hall–Kier alpha value is -3.60. The second-order valence-corrected chi connectivity index (χ2v) is 12.4. The molecule has 6 rings (SSSR count). The van der Waals surface area contributed by atoms with Crippen molar-refractivity contribution in [3.05, 3.63) is 152 Å². The van der Waals surface area contributed by atoms with Gasteiger partial charge in [0.25, 0.3) is 0 Å². The molecular formula is C34H32N2S2. The third kappa shape index (κ3) is 4.48. The number of aromatic amines is 2. The highest BCUT2D eigenvalue weighted by molar-refractivity contribution is 7.22. The van der Waals surface area contributed by atoms with Crippen LogP contribution in [0.5, 0.6) is 0 Å². The quantitative estimate of drug-likeness (QED) is 0.205. The highest BCUT2D eigenvalue weighted by atomic mass is 32.1. The molecule has 2 atom stereocenters. The van der Waals surface area contributed by atoms with E-state index >= 15 is 0 Å². The maximum absolute atomic E-state index is 3.51. The van der Waals surface area contributed by atoms with E-state index in [-0.39, 0.29) is 11.8 Å². The fourth-order valence-corrected chi connectivity index (χ4v) is 8.16. The van der Waals surface area contributed by atoms with Crippen LogP contribution in [0.1, 0.15) is 66.4 Å². The van der Waals surface area contributed by atoms with Crippen LogP contribution in [0.15, 0.2) is 97.3 Å². The predicted octanol–water partition coefficient (Wildman–Crippen LogP) is 9.73. The van der Waals surface area contributed by atoms with E-state index in [0.29, 0.717) is 0 Å². The standard InChI is InChI=1S/C34H32N2S2/c1-21-9-5-10-22(2)31(21)33(25-13-7-19-35-25)29-17-15-27(37-29)28-16-18-30(38-28)34(26-14-8-20-36-26)32-23(3)11-6-12-24(32)4/h5-20,33-36H,1-4H3. The minimum absolute atomic E-state index is 0.200. The largest absolute Gasteiger partial charge is 0.364 e. The smallest absolute Gasteiger partial charge is 0.0589 e. The maximum atomic E-state index is 3.51. The van der Waals surface area contributed by atoms with Crippen LogP contribution in [0.3, 0.4) is 0 Å². The minimum atomic E-state index is 0.200. The molecule has 0 radical (unpaired) electrons. The summed E-state index contributed by atoms with van der Waals surface area (Å²) in [5.74, 6) is 0.399. The number of hydrogen-bond acceptors (Lipinski definition) is 2. The van der Waals surface area contributed by atoms with E-state index in [9.17, 15) is 0 Å². The monoisotopic (exact) mass is 532 g/mol. The average Bonchev–Trinajstić information content (AvgIpc) is 3.72. The van der Waals surface area contributed by atoms with Crippen molar-refractivity contribution in [2.75, 3.05) is 0 Å². The lowest BCUT2D eigenvalue weighted by Crippen LogP contribution is -2.06. The van der Waals surface area contributed by atoms with Gasteiger partial charge in [0.2, 0.25) is 0 Å². The summed E-state index contributed by atoms with van der Waals surface area (Å²) in [6.45, 7) is 8.92. The molecule has 0 fully saturated rings. The molecule has 2 nitrogen and oxygen atoms in total. The predicted molar refractivity (Wildman–Crippen MR) is 163 cm³/mol. The van der Waals surface area contributed by atoms with E-state index in [4.69, 9.17) is 0 Å². The molecule has 0 spiro atoms. The third-order valence-corrected chi connectivity index (χ3v) is 10.1. The van der Waals surface area contributed by atoms with Crippen molar-refractivity contribution in [1.29, 1.82) is 0 Å². The highest BCUT2D eigenvalue weighted by Crippen LogP contribution is 2.45. The summed E-state index contributed by atoms with van der Waals surface area (Å²) in [7, 11) is 0. The van der Waals surface area contributed by atoms with Gasteiger partial charge in [-0.2, -0.15) is 0 Å². The number of thiophene rings is 2. The van der Waals surface area contributed by atoms with Crippen molar-refractivity contribution in [3.8, 4) is 9.75 Å². The Morgan fingerprint density at radius 2 is 0.868 bits per heavy atom. The second-order valence-electron chi connectivity index (χ2n) is 10.1. The SMILES string of the molecule is Cc1cccc(C)c1C(c1ccc[nH]1)c1ccc(-c2ccc(C(c3ccc[nH]3)c3c(C)cccc3C)s2)s1. The molecule has 0 aliphatic heterocycles. The molecule has 0 aliphatic rings. The van der Waals surface area contributed by atoms with Gasteiger partial charge in [0.05, 0.1) is 11.8 Å². The Bertz CT molecular complexity index is 1500. The molecule has 0 amide bonds. The Kier molecular flexibility index (Phi) is 6.69. The number of hydrogen-bond donors (Lipinski definition) is 2. The lowest BCUT2D eigenvalue weighted by atomic mass is 9.87. The first-order chi connectivity index (χ1) is 18.5. The molecule has 4 heterocycles. The lowest BCUT2D eigenvalue weighted by molar-refractivity contribution is 0.930. The molecule has 190 valence electrons. The molecule has 0 saturated carbocycles. The minimum Gasteiger partial charge on any atom is -0.364 e. The summed E-state index contributed by atoms with van der Waals surface area (Å²) < 4.78 is 0. The molecule has 2 unspecified atom stereocenters. The number of H-pyrrole nitrogens is 2. The van der Waals surface area contributed by atoms with Gasteiger partial charge in [-0.05, 0) is 110 Å². The van der Waals surface area contributed by atoms with E-state index in [0.717, 1.165) is 0 Å². The van der Waals surface area contributed by atoms with Crippen molar-refractivity contribution in [2.45, 2.75) is 39.5 Å². The lowest BCUT2D eigenvalue weighted by Gasteiger charge is -2.20. The van der Waals surface area contributed by atoms with Crippen molar-refractivity contribution in [2.24, 2.45) is 0 Å². The normalized spacial score (nSPS) is 13.1. The number of aryl methyl sites for hydroxylation is 4. The van der Waals surface area contributed by atoms with Crippen LogP contribution in [0.2, 0.25) is 0 Å². The van der Waals surface area contributed by atoms with Crippen molar-refractivity contribution in [3.63, 3.8) is 0 Å². The molecule has 0 aliphatic carbocycles. The number of benzene rings is 2. The molecular weight excluding hydrogens is 501 g/mol. The summed E-state index contributed by atoms with van der Waals surface area (Å²) in [4.78, 5) is 12.4. The average molecular weight is 533 g/mol. The molecule has 2 aromatic carbocycles. The summed E-state index contributed by atoms with van der Waals surface area (Å²) in [5.41, 5.74) is 10.6. The topological polar surface area (TPSA) is 31.6 Å². The highest BCUT2D eigenvalue weighted by Gasteiger charge is 2.25. The van der Waals surface area contributed by atoms with E-state index < -0.39 is 0 Å². The van der Waals surface area contributed by atoms with Crippen LogP contribution >= 0.6 is 22.7 Å². The zero-order valence-electron chi connectivity index (χ0n) is 22.2. The van der Waals surface area contributed by atoms with Crippen molar-refractivity contribution >= 4 is 22.7 Å². The molecule has 0 bridgehead atoms. The number of aromatic nitrogens is 2. The second kappa shape index (κ2) is 10.3. The first-order valence-electron chi connectivity index (χ1n) is 13.1. The van der Waals surface area contributed by atoms with Gasteiger partial charge in [-0.3, -0.25) is 0 Å². The summed E-state index contributed by atoms with van der Waals surface area (Å²) in [6, 6.07) is 31.1. The zero-order valence-corrected chi connectivity index (χ0v) is 23.8. The summed E-state index contributed by atoms with van der Waals surface area (Å²) >= 11 is 3.82. The fraction of sp³-hybridized carbons (Fsp3) is 0.176. The molecule has 6 aromatic rings. The molecule has 4 aromatic heterocycles. The van der Waals surface area contributed by atoms with Gasteiger partial charge in [-0.25, -0.2) is 0 Å². The first-order valence-corrected chi connectivity index (χ1v) is 14.7. The molecule has 4 heteroatoms. The Balaban J connectivity index is 1.41. The Morgan fingerprint density at radius 3 is 1.21 bits per heavy atom. The van der Waals surface area contributed by atoms with Gasteiger partial charge in [0, 0.05) is 43.3 Å². The van der Waals surface area contributed by atoms with Crippen LogP contribution in [0, 0.1) is 27.7 Å². The zero-order chi connectivity index (χ0) is 26.2. The van der Waals surface area contributed by atoms with Gasteiger partial charge in [-0.1, -0.05) is 36.4 Å². The Labute approximate surface area is 233 Å². The van der Waals surface area contributed by atoms with E-state index in [1.807, 2.05) is 35.1 Å². The number of nitrogens with one attached hydrogen (secondary N) is 2. The summed E-state index contributed by atoms with van der Waals surface area (Å²) in [5, 5.41) is 0. The first kappa shape index (κ1) is 24.7. The molecule has 2 N–H and O–H groups in total. The van der Waals surface area contributed by atoms with Crippen LogP contribution in [0.25, 0.3) is 9.75 Å². The van der Waals surface area contributed by atoms with Crippen LogP contribution in [-0.2, 0) is 0 Å². The maximum Gasteiger partial charge on any atom is 0.0589 e. The third-order valence-electron chi connectivity index (χ3n) is 7.59. The van der Waals surface area contributed by atoms with Crippen LogP contribution in [0.4, 0.5) is 0 Å². The Morgan fingerprint density at radius 1 is 0.474 bits per heavy atom. The van der Waals surface area contributed by atoms with Gasteiger partial charge in [0.1, 0.15) is 0 Å². The van der Waals surface area contributed by atoms with Crippen molar-refractivity contribution in [1.82, 2.24) is 9.97 Å². The van der Waals surface area contributed by atoms with Crippen LogP contribution < -0.4 is 0 Å².